The lowest BCUT2D eigenvalue weighted by molar-refractivity contribution is -0.890. The van der Waals surface area contributed by atoms with Crippen LogP contribution in [0.5, 0.6) is 0 Å². The number of hydrogen-bond acceptors (Lipinski definition) is 1. The first-order valence-electron chi connectivity index (χ1n) is 5.32. The maximum Gasteiger partial charge on any atom is 0.235 e. The van der Waals surface area contributed by atoms with Crippen molar-refractivity contribution >= 4 is 17.5 Å². The third kappa shape index (κ3) is 3.83. The maximum absolute atomic E-state index is 11.1. The first kappa shape index (κ1) is 13.0. The van der Waals surface area contributed by atoms with Crippen LogP contribution < -0.4 is 10.2 Å². The van der Waals surface area contributed by atoms with Gasteiger partial charge in [-0.15, -0.1) is 11.6 Å². The van der Waals surface area contributed by atoms with Crippen molar-refractivity contribution in [2.75, 3.05) is 26.5 Å². The zero-order valence-electron chi connectivity index (χ0n) is 9.66. The number of hydrogen-bond donors (Lipinski definition) is 2. The molecule has 88 valence electrons. The molecule has 0 saturated heterocycles. The van der Waals surface area contributed by atoms with Gasteiger partial charge in [0.1, 0.15) is 11.9 Å². The zero-order valence-corrected chi connectivity index (χ0v) is 10.4. The molecule has 0 saturated carbocycles. The standard InChI is InChI=1S/C12H17ClN2O/c1-15(2)11(9-14-12(16)8-13)10-6-4-3-5-7-10/h3-7,11H,8-9H2,1-2H3,(H,14,16)/p+1/t11-/m0/s1. The topological polar surface area (TPSA) is 33.5 Å². The molecular formula is C12H18ClN2O+. The summed E-state index contributed by atoms with van der Waals surface area (Å²) in [6, 6.07) is 10.4. The minimum Gasteiger partial charge on any atom is -0.349 e. The van der Waals surface area contributed by atoms with Gasteiger partial charge in [-0.3, -0.25) is 4.79 Å². The second-order valence-electron chi connectivity index (χ2n) is 3.98. The van der Waals surface area contributed by atoms with Crippen molar-refractivity contribution in [2.24, 2.45) is 0 Å². The predicted octanol–water partition coefficient (Wildman–Crippen LogP) is 0.227. The Hall–Kier alpha value is -1.06. The third-order valence-corrected chi connectivity index (χ3v) is 2.77. The summed E-state index contributed by atoms with van der Waals surface area (Å²) >= 11 is 5.44. The van der Waals surface area contributed by atoms with E-state index in [9.17, 15) is 4.79 Å². The average molecular weight is 242 g/mol. The lowest BCUT2D eigenvalue weighted by atomic mass is 10.1. The molecule has 0 aromatic heterocycles. The van der Waals surface area contributed by atoms with Crippen molar-refractivity contribution in [1.82, 2.24) is 5.32 Å². The molecule has 1 rings (SSSR count). The number of alkyl halides is 1. The fraction of sp³-hybridized carbons (Fsp3) is 0.417. The molecule has 0 aliphatic carbocycles. The molecular weight excluding hydrogens is 224 g/mol. The molecule has 0 radical (unpaired) electrons. The van der Waals surface area contributed by atoms with Crippen molar-refractivity contribution in [1.29, 1.82) is 0 Å². The van der Waals surface area contributed by atoms with E-state index in [1.807, 2.05) is 18.2 Å². The zero-order chi connectivity index (χ0) is 12.0. The highest BCUT2D eigenvalue weighted by atomic mass is 35.5. The summed E-state index contributed by atoms with van der Waals surface area (Å²) in [5, 5.41) is 2.82. The molecule has 2 N–H and O–H groups in total. The van der Waals surface area contributed by atoms with Gasteiger partial charge in [-0.25, -0.2) is 0 Å². The molecule has 0 aliphatic heterocycles. The minimum atomic E-state index is -0.121. The highest BCUT2D eigenvalue weighted by Gasteiger charge is 2.17. The SMILES string of the molecule is C[NH+](C)[C@@H](CNC(=O)CCl)c1ccccc1. The van der Waals surface area contributed by atoms with Gasteiger partial charge in [0.15, 0.2) is 0 Å². The molecule has 3 nitrogen and oxygen atoms in total. The van der Waals surface area contributed by atoms with Gasteiger partial charge in [0.2, 0.25) is 5.91 Å². The highest BCUT2D eigenvalue weighted by molar-refractivity contribution is 6.27. The van der Waals surface area contributed by atoms with Gasteiger partial charge in [-0.05, 0) is 0 Å². The lowest BCUT2D eigenvalue weighted by Crippen LogP contribution is -3.07. The molecule has 4 heteroatoms. The Bertz CT molecular complexity index is 327. The van der Waals surface area contributed by atoms with Crippen molar-refractivity contribution in [2.45, 2.75) is 6.04 Å². The Morgan fingerprint density at radius 2 is 2.00 bits per heavy atom. The first-order valence-corrected chi connectivity index (χ1v) is 5.86. The second kappa shape index (κ2) is 6.51. The normalized spacial score (nSPS) is 12.5. The number of nitrogens with one attached hydrogen (secondary N) is 2. The first-order chi connectivity index (χ1) is 7.65. The monoisotopic (exact) mass is 241 g/mol. The van der Waals surface area contributed by atoms with Crippen molar-refractivity contribution in [3.8, 4) is 0 Å². The Balaban J connectivity index is 2.66. The molecule has 1 amide bonds. The van der Waals surface area contributed by atoms with Crippen LogP contribution in [0.2, 0.25) is 0 Å². The van der Waals surface area contributed by atoms with Gasteiger partial charge in [-0.2, -0.15) is 0 Å². The molecule has 1 aromatic carbocycles. The van der Waals surface area contributed by atoms with E-state index in [1.165, 1.54) is 10.5 Å². The quantitative estimate of drug-likeness (QED) is 0.711. The van der Waals surface area contributed by atoms with Gasteiger partial charge in [-0.1, -0.05) is 30.3 Å². The lowest BCUT2D eigenvalue weighted by Gasteiger charge is -2.21. The molecule has 0 unspecified atom stereocenters. The number of carbonyl (C=O) groups excluding carboxylic acids is 1. The summed E-state index contributed by atoms with van der Waals surface area (Å²) in [5.41, 5.74) is 1.22. The molecule has 16 heavy (non-hydrogen) atoms. The Morgan fingerprint density at radius 1 is 1.38 bits per heavy atom. The number of amides is 1. The summed E-state index contributed by atoms with van der Waals surface area (Å²) in [6.45, 7) is 0.609. The molecule has 0 heterocycles. The Kier molecular flexibility index (Phi) is 5.29. The van der Waals surface area contributed by atoms with Crippen LogP contribution in [0.15, 0.2) is 30.3 Å². The van der Waals surface area contributed by atoms with E-state index in [-0.39, 0.29) is 17.8 Å². The summed E-state index contributed by atoms with van der Waals surface area (Å²) in [7, 11) is 4.15. The number of benzene rings is 1. The smallest absolute Gasteiger partial charge is 0.235 e. The van der Waals surface area contributed by atoms with Crippen molar-refractivity contribution in [3.63, 3.8) is 0 Å². The molecule has 0 spiro atoms. The van der Waals surface area contributed by atoms with Crippen LogP contribution in [0.25, 0.3) is 0 Å². The van der Waals surface area contributed by atoms with Gasteiger partial charge >= 0.3 is 0 Å². The molecule has 0 aliphatic rings. The average Bonchev–Trinajstić information content (AvgIpc) is 2.30. The van der Waals surface area contributed by atoms with Crippen LogP contribution >= 0.6 is 11.6 Å². The van der Waals surface area contributed by atoms with E-state index in [1.54, 1.807) is 0 Å². The molecule has 1 aromatic rings. The summed E-state index contributed by atoms with van der Waals surface area (Å²) < 4.78 is 0. The molecule has 0 fully saturated rings. The number of halogens is 1. The Labute approximate surface area is 101 Å². The van der Waals surface area contributed by atoms with Crippen LogP contribution in [-0.4, -0.2) is 32.4 Å². The fourth-order valence-corrected chi connectivity index (χ4v) is 1.70. The van der Waals surface area contributed by atoms with Crippen molar-refractivity contribution in [3.05, 3.63) is 35.9 Å². The van der Waals surface area contributed by atoms with Gasteiger partial charge in [0.05, 0.1) is 20.6 Å². The van der Waals surface area contributed by atoms with Crippen LogP contribution in [0.4, 0.5) is 0 Å². The number of carbonyl (C=O) groups is 1. The van der Waals surface area contributed by atoms with E-state index in [0.717, 1.165) is 0 Å². The summed E-state index contributed by atoms with van der Waals surface area (Å²) in [5.74, 6) is -0.103. The van der Waals surface area contributed by atoms with Crippen LogP contribution in [0.1, 0.15) is 11.6 Å². The molecule has 1 atom stereocenters. The van der Waals surface area contributed by atoms with E-state index in [2.05, 4.69) is 31.5 Å². The van der Waals surface area contributed by atoms with Gasteiger partial charge < -0.3 is 10.2 Å². The fourth-order valence-electron chi connectivity index (χ4n) is 1.60. The van der Waals surface area contributed by atoms with E-state index >= 15 is 0 Å². The third-order valence-electron chi connectivity index (χ3n) is 2.52. The van der Waals surface area contributed by atoms with E-state index < -0.39 is 0 Å². The second-order valence-corrected chi connectivity index (χ2v) is 4.25. The number of quaternary nitrogens is 1. The number of rotatable bonds is 5. The van der Waals surface area contributed by atoms with Gasteiger partial charge in [0.25, 0.3) is 0 Å². The Morgan fingerprint density at radius 3 is 2.50 bits per heavy atom. The minimum absolute atomic E-state index is 0.0181. The van der Waals surface area contributed by atoms with Crippen LogP contribution in [-0.2, 0) is 4.79 Å². The summed E-state index contributed by atoms with van der Waals surface area (Å²) in [4.78, 5) is 12.4. The summed E-state index contributed by atoms with van der Waals surface area (Å²) in [6.07, 6.45) is 0. The van der Waals surface area contributed by atoms with E-state index in [0.29, 0.717) is 6.54 Å². The number of likely N-dealkylation sites (N-methyl/N-ethyl adjacent to an activating group) is 1. The molecule has 0 bridgehead atoms. The van der Waals surface area contributed by atoms with Crippen LogP contribution in [0.3, 0.4) is 0 Å². The van der Waals surface area contributed by atoms with E-state index in [4.69, 9.17) is 11.6 Å². The van der Waals surface area contributed by atoms with Crippen LogP contribution in [0, 0.1) is 0 Å². The largest absolute Gasteiger partial charge is 0.349 e. The van der Waals surface area contributed by atoms with Gasteiger partial charge in [0, 0.05) is 5.56 Å². The van der Waals surface area contributed by atoms with Crippen molar-refractivity contribution < 1.29 is 9.69 Å². The maximum atomic E-state index is 11.1. The predicted molar refractivity (Wildman–Crippen MR) is 65.7 cm³/mol. The highest BCUT2D eigenvalue weighted by Crippen LogP contribution is 2.07.